The van der Waals surface area contributed by atoms with Crippen LogP contribution in [0, 0.1) is 0 Å². The third kappa shape index (κ3) is 2.99. The van der Waals surface area contributed by atoms with Crippen molar-refractivity contribution in [1.82, 2.24) is 4.98 Å². The average Bonchev–Trinajstić information content (AvgIpc) is 2.84. The van der Waals surface area contributed by atoms with Crippen LogP contribution in [0.25, 0.3) is 10.6 Å². The minimum Gasteiger partial charge on any atom is -0.389 e. The fourth-order valence-electron chi connectivity index (χ4n) is 1.93. The molecule has 0 saturated carbocycles. The maximum absolute atomic E-state index is 5.80. The van der Waals surface area contributed by atoms with Gasteiger partial charge in [-0.25, -0.2) is 4.98 Å². The Labute approximate surface area is 129 Å². The summed E-state index contributed by atoms with van der Waals surface area (Å²) in [5, 5.41) is 0.974. The largest absolute Gasteiger partial charge is 0.389 e. The minimum atomic E-state index is 0.317. The highest BCUT2D eigenvalue weighted by atomic mass is 32.1. The quantitative estimate of drug-likeness (QED) is 0.876. The predicted molar refractivity (Wildman–Crippen MR) is 91.9 cm³/mol. The highest BCUT2D eigenvalue weighted by Gasteiger charge is 2.17. The predicted octanol–water partition coefficient (Wildman–Crippen LogP) is 3.63. The minimum absolute atomic E-state index is 0.317. The third-order valence-corrected chi connectivity index (χ3v) is 4.54. The number of thiocarbonyl (C=S) groups is 1. The fraction of sp³-hybridized carbons (Fsp3) is 0.333. The molecule has 0 unspecified atom stereocenters. The zero-order valence-electron chi connectivity index (χ0n) is 12.2. The molecule has 0 atom stereocenters. The van der Waals surface area contributed by atoms with Crippen molar-refractivity contribution < 1.29 is 0 Å². The molecule has 0 spiro atoms. The SMILES string of the molecule is CC(C)c1nc(-c2ccc(N(C)C)cc2)sc1C(N)=S. The second-order valence-electron chi connectivity index (χ2n) is 5.19. The van der Waals surface area contributed by atoms with Crippen LogP contribution in [0.5, 0.6) is 0 Å². The topological polar surface area (TPSA) is 42.2 Å². The van der Waals surface area contributed by atoms with Crippen molar-refractivity contribution in [3.63, 3.8) is 0 Å². The van der Waals surface area contributed by atoms with Crippen LogP contribution < -0.4 is 10.6 Å². The lowest BCUT2D eigenvalue weighted by molar-refractivity contribution is 0.832. The maximum atomic E-state index is 5.80. The van der Waals surface area contributed by atoms with Gasteiger partial charge in [0.2, 0.25) is 0 Å². The standard InChI is InChI=1S/C15H19N3S2/c1-9(2)12-13(14(16)19)20-15(17-12)10-5-7-11(8-6-10)18(3)4/h5-9H,1-4H3,(H2,16,19). The normalized spacial score (nSPS) is 10.8. The summed E-state index contributed by atoms with van der Waals surface area (Å²) in [6, 6.07) is 8.35. The van der Waals surface area contributed by atoms with Gasteiger partial charge >= 0.3 is 0 Å². The molecule has 0 radical (unpaired) electrons. The van der Waals surface area contributed by atoms with Crippen molar-refractivity contribution in [2.75, 3.05) is 19.0 Å². The van der Waals surface area contributed by atoms with Crippen LogP contribution in [-0.4, -0.2) is 24.1 Å². The summed E-state index contributed by atoms with van der Waals surface area (Å²) < 4.78 is 0. The molecule has 20 heavy (non-hydrogen) atoms. The first kappa shape index (κ1) is 14.9. The molecule has 1 heterocycles. The lowest BCUT2D eigenvalue weighted by Gasteiger charge is -2.12. The number of nitrogens with zero attached hydrogens (tertiary/aromatic N) is 2. The van der Waals surface area contributed by atoms with Crippen molar-refractivity contribution in [2.45, 2.75) is 19.8 Å². The van der Waals surface area contributed by atoms with Gasteiger partial charge in [0, 0.05) is 25.3 Å². The Morgan fingerprint density at radius 1 is 1.25 bits per heavy atom. The smallest absolute Gasteiger partial charge is 0.124 e. The van der Waals surface area contributed by atoms with Gasteiger partial charge in [-0.1, -0.05) is 26.1 Å². The number of hydrogen-bond acceptors (Lipinski definition) is 4. The van der Waals surface area contributed by atoms with E-state index in [2.05, 4.69) is 43.0 Å². The molecule has 0 aliphatic carbocycles. The lowest BCUT2D eigenvalue weighted by atomic mass is 10.1. The van der Waals surface area contributed by atoms with Gasteiger partial charge in [-0.2, -0.15) is 0 Å². The summed E-state index contributed by atoms with van der Waals surface area (Å²) >= 11 is 6.70. The van der Waals surface area contributed by atoms with E-state index >= 15 is 0 Å². The van der Waals surface area contributed by atoms with E-state index in [-0.39, 0.29) is 0 Å². The first-order valence-electron chi connectivity index (χ1n) is 6.48. The van der Waals surface area contributed by atoms with Crippen LogP contribution in [0.3, 0.4) is 0 Å². The molecule has 1 aromatic heterocycles. The van der Waals surface area contributed by atoms with Crippen molar-refractivity contribution in [1.29, 1.82) is 0 Å². The Hall–Kier alpha value is -1.46. The fourth-order valence-corrected chi connectivity index (χ4v) is 3.23. The second-order valence-corrected chi connectivity index (χ2v) is 6.63. The molecule has 106 valence electrons. The molecule has 0 fully saturated rings. The Bertz CT molecular complexity index is 613. The van der Waals surface area contributed by atoms with Crippen LogP contribution >= 0.6 is 23.6 Å². The van der Waals surface area contributed by atoms with E-state index in [1.807, 2.05) is 14.1 Å². The van der Waals surface area contributed by atoms with Crippen LogP contribution in [0.1, 0.15) is 30.3 Å². The molecule has 2 N–H and O–H groups in total. The Kier molecular flexibility index (Phi) is 4.40. The van der Waals surface area contributed by atoms with E-state index in [0.717, 1.165) is 21.1 Å². The molecule has 2 rings (SSSR count). The Morgan fingerprint density at radius 2 is 1.85 bits per heavy atom. The number of nitrogens with two attached hydrogens (primary N) is 1. The van der Waals surface area contributed by atoms with Crippen LogP contribution in [0.4, 0.5) is 5.69 Å². The molecule has 2 aromatic rings. The summed E-state index contributed by atoms with van der Waals surface area (Å²) in [7, 11) is 4.06. The Balaban J connectivity index is 2.42. The lowest BCUT2D eigenvalue weighted by Crippen LogP contribution is -2.10. The van der Waals surface area contributed by atoms with E-state index in [9.17, 15) is 0 Å². The average molecular weight is 305 g/mol. The number of anilines is 1. The first-order chi connectivity index (χ1) is 9.40. The number of aromatic nitrogens is 1. The molecule has 0 aliphatic heterocycles. The van der Waals surface area contributed by atoms with Gasteiger partial charge in [-0.05, 0) is 30.2 Å². The second kappa shape index (κ2) is 5.89. The number of benzene rings is 1. The molecule has 3 nitrogen and oxygen atoms in total. The molecule has 5 heteroatoms. The first-order valence-corrected chi connectivity index (χ1v) is 7.71. The summed E-state index contributed by atoms with van der Waals surface area (Å²) in [5.41, 5.74) is 9.07. The highest BCUT2D eigenvalue weighted by Crippen LogP contribution is 2.32. The van der Waals surface area contributed by atoms with Crippen molar-refractivity contribution in [3.8, 4) is 10.6 Å². The molecule has 0 aliphatic rings. The van der Waals surface area contributed by atoms with E-state index in [1.54, 1.807) is 11.3 Å². The zero-order chi connectivity index (χ0) is 14.9. The maximum Gasteiger partial charge on any atom is 0.124 e. The highest BCUT2D eigenvalue weighted by molar-refractivity contribution is 7.81. The monoisotopic (exact) mass is 305 g/mol. The number of thiazole rings is 1. The van der Waals surface area contributed by atoms with Gasteiger partial charge in [0.25, 0.3) is 0 Å². The molecule has 1 aromatic carbocycles. The molecular formula is C15H19N3S2. The van der Waals surface area contributed by atoms with Gasteiger partial charge in [0.15, 0.2) is 0 Å². The van der Waals surface area contributed by atoms with E-state index < -0.39 is 0 Å². The van der Waals surface area contributed by atoms with Gasteiger partial charge in [-0.3, -0.25) is 0 Å². The summed E-state index contributed by atoms with van der Waals surface area (Å²) in [4.78, 5) is 8.15. The van der Waals surface area contributed by atoms with Gasteiger partial charge in [0.05, 0.1) is 10.6 Å². The zero-order valence-corrected chi connectivity index (χ0v) is 13.8. The van der Waals surface area contributed by atoms with Crippen molar-refractivity contribution >= 4 is 34.2 Å². The van der Waals surface area contributed by atoms with Crippen LogP contribution in [0.2, 0.25) is 0 Å². The summed E-state index contributed by atoms with van der Waals surface area (Å²) in [5.74, 6) is 0.317. The third-order valence-electron chi connectivity index (χ3n) is 3.05. The molecule has 0 saturated heterocycles. The summed E-state index contributed by atoms with van der Waals surface area (Å²) in [6.45, 7) is 4.21. The van der Waals surface area contributed by atoms with Gasteiger partial charge in [0.1, 0.15) is 10.00 Å². The molecule has 0 amide bonds. The number of hydrogen-bond donors (Lipinski definition) is 1. The molecular weight excluding hydrogens is 286 g/mol. The van der Waals surface area contributed by atoms with Crippen LogP contribution in [0.15, 0.2) is 24.3 Å². The van der Waals surface area contributed by atoms with Crippen molar-refractivity contribution in [2.24, 2.45) is 5.73 Å². The van der Waals surface area contributed by atoms with Gasteiger partial charge < -0.3 is 10.6 Å². The van der Waals surface area contributed by atoms with Gasteiger partial charge in [-0.15, -0.1) is 11.3 Å². The number of rotatable bonds is 4. The van der Waals surface area contributed by atoms with E-state index in [1.165, 1.54) is 5.69 Å². The van der Waals surface area contributed by atoms with E-state index in [4.69, 9.17) is 22.9 Å². The summed E-state index contributed by atoms with van der Waals surface area (Å²) in [6.07, 6.45) is 0. The van der Waals surface area contributed by atoms with E-state index in [0.29, 0.717) is 10.9 Å². The molecule has 0 bridgehead atoms. The van der Waals surface area contributed by atoms with Crippen molar-refractivity contribution in [3.05, 3.63) is 34.8 Å². The van der Waals surface area contributed by atoms with Crippen LogP contribution in [-0.2, 0) is 0 Å². The Morgan fingerprint density at radius 3 is 2.25 bits per heavy atom.